The molecule has 0 aliphatic carbocycles. The van der Waals surface area contributed by atoms with Crippen LogP contribution in [0.5, 0.6) is 0 Å². The minimum Gasteiger partial charge on any atom is -0.435 e. The van der Waals surface area contributed by atoms with Crippen molar-refractivity contribution in [1.29, 1.82) is 0 Å². The van der Waals surface area contributed by atoms with E-state index in [2.05, 4.69) is 13.0 Å². The van der Waals surface area contributed by atoms with Gasteiger partial charge in [-0.2, -0.15) is 0 Å². The monoisotopic (exact) mass is 322 g/mol. The van der Waals surface area contributed by atoms with E-state index in [4.69, 9.17) is 4.74 Å². The highest BCUT2D eigenvalue weighted by Gasteiger charge is 1.93. The van der Waals surface area contributed by atoms with E-state index in [1.807, 2.05) is 6.08 Å². The molecule has 0 heterocycles. The molecule has 0 aliphatic heterocycles. The molecule has 0 unspecified atom stereocenters. The van der Waals surface area contributed by atoms with Crippen molar-refractivity contribution >= 4 is 5.97 Å². The molecular formula is C21H38O2. The predicted molar refractivity (Wildman–Crippen MR) is 100 cm³/mol. The number of allylic oxidation sites excluding steroid dienone is 3. The number of carbonyl (C=O) groups is 1. The molecule has 0 radical (unpaired) electrons. The Kier molecular flexibility index (Phi) is 18.1. The Balaban J connectivity index is 3.12. The van der Waals surface area contributed by atoms with E-state index < -0.39 is 0 Å². The lowest BCUT2D eigenvalue weighted by molar-refractivity contribution is -0.135. The summed E-state index contributed by atoms with van der Waals surface area (Å²) in [7, 11) is 0. The first-order valence-corrected chi connectivity index (χ1v) is 9.76. The van der Waals surface area contributed by atoms with Gasteiger partial charge in [-0.3, -0.25) is 4.79 Å². The lowest BCUT2D eigenvalue weighted by Crippen LogP contribution is -1.88. The van der Waals surface area contributed by atoms with Crippen molar-refractivity contribution in [2.45, 2.75) is 104 Å². The predicted octanol–water partition coefficient (Wildman–Crippen LogP) is 7.10. The van der Waals surface area contributed by atoms with E-state index in [-0.39, 0.29) is 5.97 Å². The van der Waals surface area contributed by atoms with Gasteiger partial charge in [-0.25, -0.2) is 0 Å². The molecule has 0 amide bonds. The van der Waals surface area contributed by atoms with E-state index in [1.54, 1.807) is 6.08 Å². The molecule has 2 nitrogen and oxygen atoms in total. The third-order valence-corrected chi connectivity index (χ3v) is 4.03. The second kappa shape index (κ2) is 19.0. The Morgan fingerprint density at radius 1 is 0.739 bits per heavy atom. The molecule has 2 heteroatoms. The molecular weight excluding hydrogens is 284 g/mol. The normalized spacial score (nSPS) is 11.6. The molecule has 0 aromatic rings. The van der Waals surface area contributed by atoms with E-state index in [0.29, 0.717) is 0 Å². The minimum atomic E-state index is -0.272. The topological polar surface area (TPSA) is 26.3 Å². The number of hydrogen-bond donors (Lipinski definition) is 0. The molecule has 0 aromatic heterocycles. The first kappa shape index (κ1) is 21.9. The van der Waals surface area contributed by atoms with Crippen molar-refractivity contribution in [1.82, 2.24) is 0 Å². The van der Waals surface area contributed by atoms with E-state index in [0.717, 1.165) is 6.42 Å². The van der Waals surface area contributed by atoms with Crippen molar-refractivity contribution in [3.63, 3.8) is 0 Å². The highest BCUT2D eigenvalue weighted by atomic mass is 16.5. The van der Waals surface area contributed by atoms with Crippen molar-refractivity contribution in [3.8, 4) is 0 Å². The summed E-state index contributed by atoms with van der Waals surface area (Å²) < 4.78 is 4.70. The van der Waals surface area contributed by atoms with Crippen molar-refractivity contribution in [2.24, 2.45) is 0 Å². The first-order chi connectivity index (χ1) is 11.3. The van der Waals surface area contributed by atoms with Crippen LogP contribution >= 0.6 is 0 Å². The maximum Gasteiger partial charge on any atom is 0.307 e. The van der Waals surface area contributed by atoms with Crippen LogP contribution in [-0.4, -0.2) is 5.97 Å². The fourth-order valence-corrected chi connectivity index (χ4v) is 2.64. The summed E-state index contributed by atoms with van der Waals surface area (Å²) in [5.41, 5.74) is 0. The van der Waals surface area contributed by atoms with Crippen molar-refractivity contribution in [3.05, 3.63) is 24.5 Å². The summed E-state index contributed by atoms with van der Waals surface area (Å²) in [6.45, 7) is 3.68. The van der Waals surface area contributed by atoms with Crippen LogP contribution in [0.15, 0.2) is 24.5 Å². The number of esters is 1. The SMILES string of the molecule is CCCCCCCCCCCCCCCC=CC=COC(C)=O. The van der Waals surface area contributed by atoms with Gasteiger partial charge in [0.05, 0.1) is 6.26 Å². The zero-order chi connectivity index (χ0) is 17.0. The van der Waals surface area contributed by atoms with Crippen LogP contribution in [0, 0.1) is 0 Å². The number of hydrogen-bond acceptors (Lipinski definition) is 2. The van der Waals surface area contributed by atoms with Gasteiger partial charge in [0.25, 0.3) is 0 Å². The molecule has 0 N–H and O–H groups in total. The van der Waals surface area contributed by atoms with Crippen LogP contribution < -0.4 is 0 Å². The molecule has 0 aromatic carbocycles. The molecule has 0 bridgehead atoms. The summed E-state index contributed by atoms with van der Waals surface area (Å²) in [6.07, 6.45) is 26.5. The summed E-state index contributed by atoms with van der Waals surface area (Å²) in [6, 6.07) is 0. The Hall–Kier alpha value is -1.05. The van der Waals surface area contributed by atoms with Crippen molar-refractivity contribution in [2.75, 3.05) is 0 Å². The fourth-order valence-electron chi connectivity index (χ4n) is 2.64. The number of ether oxygens (including phenoxy) is 1. The Morgan fingerprint density at radius 3 is 1.70 bits per heavy atom. The van der Waals surface area contributed by atoms with Gasteiger partial charge in [-0.05, 0) is 18.9 Å². The van der Waals surface area contributed by atoms with Gasteiger partial charge in [-0.15, -0.1) is 0 Å². The van der Waals surface area contributed by atoms with E-state index in [1.165, 1.54) is 96.7 Å². The lowest BCUT2D eigenvalue weighted by Gasteiger charge is -2.02. The first-order valence-electron chi connectivity index (χ1n) is 9.76. The molecule has 0 rings (SSSR count). The summed E-state index contributed by atoms with van der Waals surface area (Å²) in [5.74, 6) is -0.272. The maximum atomic E-state index is 10.5. The average Bonchev–Trinajstić information content (AvgIpc) is 2.53. The molecule has 134 valence electrons. The Labute approximate surface area is 144 Å². The quantitative estimate of drug-likeness (QED) is 0.131. The maximum absolute atomic E-state index is 10.5. The van der Waals surface area contributed by atoms with Gasteiger partial charge in [0.1, 0.15) is 0 Å². The molecule has 0 aliphatic rings. The third-order valence-electron chi connectivity index (χ3n) is 4.03. The average molecular weight is 323 g/mol. The molecule has 0 saturated heterocycles. The van der Waals surface area contributed by atoms with Crippen LogP contribution in [-0.2, 0) is 9.53 Å². The summed E-state index contributed by atoms with van der Waals surface area (Å²) >= 11 is 0. The standard InChI is InChI=1S/C21H38O2/c1-3-4-5-6-7-8-9-10-11-12-13-14-15-16-17-18-19-20-23-21(2)22/h17-20H,3-16H2,1-2H3. The van der Waals surface area contributed by atoms with Gasteiger partial charge < -0.3 is 4.74 Å². The number of rotatable bonds is 16. The molecule has 0 spiro atoms. The van der Waals surface area contributed by atoms with E-state index >= 15 is 0 Å². The van der Waals surface area contributed by atoms with Gasteiger partial charge in [-0.1, -0.05) is 96.1 Å². The third kappa shape index (κ3) is 21.0. The van der Waals surface area contributed by atoms with Crippen LogP contribution in [0.1, 0.15) is 104 Å². The molecule has 23 heavy (non-hydrogen) atoms. The molecule has 0 atom stereocenters. The zero-order valence-electron chi connectivity index (χ0n) is 15.5. The number of carbonyl (C=O) groups excluding carboxylic acids is 1. The van der Waals surface area contributed by atoms with Gasteiger partial charge in [0.15, 0.2) is 0 Å². The summed E-state index contributed by atoms with van der Waals surface area (Å²) in [4.78, 5) is 10.5. The molecule has 0 saturated carbocycles. The summed E-state index contributed by atoms with van der Waals surface area (Å²) in [5, 5.41) is 0. The van der Waals surface area contributed by atoms with Gasteiger partial charge in [0, 0.05) is 6.92 Å². The van der Waals surface area contributed by atoms with Crippen LogP contribution in [0.3, 0.4) is 0 Å². The van der Waals surface area contributed by atoms with Crippen molar-refractivity contribution < 1.29 is 9.53 Å². The van der Waals surface area contributed by atoms with Crippen LogP contribution in [0.25, 0.3) is 0 Å². The highest BCUT2D eigenvalue weighted by molar-refractivity contribution is 5.66. The Morgan fingerprint density at radius 2 is 1.22 bits per heavy atom. The number of unbranched alkanes of at least 4 members (excludes halogenated alkanes) is 13. The second-order valence-corrected chi connectivity index (χ2v) is 6.40. The molecule has 0 fully saturated rings. The Bertz CT molecular complexity index is 305. The van der Waals surface area contributed by atoms with E-state index in [9.17, 15) is 4.79 Å². The van der Waals surface area contributed by atoms with Gasteiger partial charge >= 0.3 is 5.97 Å². The largest absolute Gasteiger partial charge is 0.435 e. The zero-order valence-corrected chi connectivity index (χ0v) is 15.5. The minimum absolute atomic E-state index is 0.272. The van der Waals surface area contributed by atoms with Crippen LogP contribution in [0.4, 0.5) is 0 Å². The smallest absolute Gasteiger partial charge is 0.307 e. The van der Waals surface area contributed by atoms with Gasteiger partial charge in [0.2, 0.25) is 0 Å². The fraction of sp³-hybridized carbons (Fsp3) is 0.762. The lowest BCUT2D eigenvalue weighted by atomic mass is 10.0. The highest BCUT2D eigenvalue weighted by Crippen LogP contribution is 2.12. The van der Waals surface area contributed by atoms with Crippen LogP contribution in [0.2, 0.25) is 0 Å². The second-order valence-electron chi connectivity index (χ2n) is 6.40.